The normalized spacial score (nSPS) is 12.4. The molecule has 0 fully saturated rings. The van der Waals surface area contributed by atoms with E-state index in [1.54, 1.807) is 31.2 Å². The van der Waals surface area contributed by atoms with Crippen molar-refractivity contribution in [3.63, 3.8) is 0 Å². The van der Waals surface area contributed by atoms with Gasteiger partial charge < -0.3 is 10.6 Å². The Bertz CT molecular complexity index is 859. The van der Waals surface area contributed by atoms with Crippen LogP contribution in [0.5, 0.6) is 0 Å². The number of anilines is 2. The first kappa shape index (κ1) is 21.1. The van der Waals surface area contributed by atoms with Gasteiger partial charge in [0.1, 0.15) is 0 Å². The van der Waals surface area contributed by atoms with Crippen molar-refractivity contribution in [1.82, 2.24) is 0 Å². The molecule has 0 aliphatic carbocycles. The van der Waals surface area contributed by atoms with Crippen molar-refractivity contribution in [2.45, 2.75) is 30.2 Å². The highest BCUT2D eigenvalue weighted by atomic mass is 35.5. The first-order valence-corrected chi connectivity index (χ1v) is 9.04. The van der Waals surface area contributed by atoms with E-state index in [0.29, 0.717) is 5.69 Å². The Morgan fingerprint density at radius 2 is 1.81 bits per heavy atom. The molecule has 0 bridgehead atoms. The van der Waals surface area contributed by atoms with Gasteiger partial charge in [-0.15, -0.1) is 11.8 Å². The second-order valence-electron chi connectivity index (χ2n) is 5.65. The van der Waals surface area contributed by atoms with E-state index in [1.807, 2.05) is 0 Å². The molecule has 0 aliphatic heterocycles. The fourth-order valence-electron chi connectivity index (χ4n) is 2.14. The molecular formula is C18H16ClF3N2O2S. The molecule has 1 atom stereocenters. The first-order valence-electron chi connectivity index (χ1n) is 7.78. The maximum absolute atomic E-state index is 12.8. The van der Waals surface area contributed by atoms with Crippen molar-refractivity contribution in [3.05, 3.63) is 53.1 Å². The van der Waals surface area contributed by atoms with Crippen LogP contribution in [0.15, 0.2) is 47.4 Å². The molecule has 2 rings (SSSR count). The van der Waals surface area contributed by atoms with E-state index in [4.69, 9.17) is 11.6 Å². The Morgan fingerprint density at radius 1 is 1.11 bits per heavy atom. The molecule has 1 unspecified atom stereocenters. The molecule has 2 amide bonds. The molecule has 144 valence electrons. The van der Waals surface area contributed by atoms with Crippen LogP contribution >= 0.6 is 23.4 Å². The highest BCUT2D eigenvalue weighted by molar-refractivity contribution is 8.00. The number of rotatable bonds is 5. The Kier molecular flexibility index (Phi) is 6.78. The van der Waals surface area contributed by atoms with Crippen molar-refractivity contribution in [3.8, 4) is 0 Å². The Hall–Kier alpha value is -2.19. The van der Waals surface area contributed by atoms with E-state index in [0.717, 1.165) is 23.1 Å². The average molecular weight is 417 g/mol. The van der Waals surface area contributed by atoms with Crippen LogP contribution in [0.2, 0.25) is 5.02 Å². The smallest absolute Gasteiger partial charge is 0.326 e. The maximum atomic E-state index is 12.8. The second-order valence-corrected chi connectivity index (χ2v) is 7.47. The van der Waals surface area contributed by atoms with Crippen molar-refractivity contribution in [2.75, 3.05) is 10.6 Å². The number of carbonyl (C=O) groups is 2. The molecule has 0 saturated carbocycles. The Balaban J connectivity index is 2.09. The molecule has 0 heterocycles. The number of hydrogen-bond donors (Lipinski definition) is 2. The molecule has 0 saturated heterocycles. The van der Waals surface area contributed by atoms with E-state index in [9.17, 15) is 22.8 Å². The summed E-state index contributed by atoms with van der Waals surface area (Å²) in [5, 5.41) is 4.47. The molecule has 4 nitrogen and oxygen atoms in total. The topological polar surface area (TPSA) is 58.2 Å². The summed E-state index contributed by atoms with van der Waals surface area (Å²) in [4.78, 5) is 24.2. The van der Waals surface area contributed by atoms with Gasteiger partial charge in [0.05, 0.1) is 21.5 Å². The third-order valence-electron chi connectivity index (χ3n) is 3.39. The van der Waals surface area contributed by atoms with Gasteiger partial charge in [0.25, 0.3) is 0 Å². The van der Waals surface area contributed by atoms with Crippen LogP contribution in [-0.4, -0.2) is 17.1 Å². The van der Waals surface area contributed by atoms with Crippen LogP contribution in [0, 0.1) is 0 Å². The number of hydrogen-bond acceptors (Lipinski definition) is 3. The summed E-state index contributed by atoms with van der Waals surface area (Å²) in [6.45, 7) is 3.00. The lowest BCUT2D eigenvalue weighted by Gasteiger charge is -2.15. The van der Waals surface area contributed by atoms with Gasteiger partial charge in [-0.2, -0.15) is 13.2 Å². The van der Waals surface area contributed by atoms with Gasteiger partial charge >= 0.3 is 6.18 Å². The SMILES string of the molecule is CC(=O)Nc1cccc(SC(C)C(=O)Nc2cc(C(F)(F)F)ccc2Cl)c1. The summed E-state index contributed by atoms with van der Waals surface area (Å²) < 4.78 is 38.5. The summed E-state index contributed by atoms with van der Waals surface area (Å²) in [6.07, 6.45) is -4.53. The number of amides is 2. The van der Waals surface area contributed by atoms with Gasteiger partial charge in [0.2, 0.25) is 11.8 Å². The fraction of sp³-hybridized carbons (Fsp3) is 0.222. The summed E-state index contributed by atoms with van der Waals surface area (Å²) in [5.41, 5.74) is -0.414. The number of halogens is 4. The minimum absolute atomic E-state index is 0.0150. The summed E-state index contributed by atoms with van der Waals surface area (Å²) in [6, 6.07) is 9.64. The minimum Gasteiger partial charge on any atom is -0.326 e. The minimum atomic E-state index is -4.53. The van der Waals surface area contributed by atoms with Gasteiger partial charge in [-0.05, 0) is 43.3 Å². The lowest BCUT2D eigenvalue weighted by molar-refractivity contribution is -0.137. The zero-order valence-corrected chi connectivity index (χ0v) is 15.9. The molecular weight excluding hydrogens is 401 g/mol. The van der Waals surface area contributed by atoms with Crippen LogP contribution in [0.1, 0.15) is 19.4 Å². The van der Waals surface area contributed by atoms with E-state index in [2.05, 4.69) is 10.6 Å². The molecule has 27 heavy (non-hydrogen) atoms. The van der Waals surface area contributed by atoms with Crippen molar-refractivity contribution in [1.29, 1.82) is 0 Å². The van der Waals surface area contributed by atoms with Crippen LogP contribution in [0.25, 0.3) is 0 Å². The standard InChI is InChI=1S/C18H16ClF3N2O2S/c1-10(27-14-5-3-4-13(9-14)23-11(2)25)17(26)24-16-8-12(18(20,21)22)6-7-15(16)19/h3-10H,1-2H3,(H,23,25)(H,24,26). The first-order chi connectivity index (χ1) is 12.6. The molecule has 0 aromatic heterocycles. The third-order valence-corrected chi connectivity index (χ3v) is 4.81. The zero-order valence-electron chi connectivity index (χ0n) is 14.4. The number of alkyl halides is 3. The highest BCUT2D eigenvalue weighted by Crippen LogP contribution is 2.34. The number of thioether (sulfide) groups is 1. The van der Waals surface area contributed by atoms with Crippen molar-refractivity contribution in [2.24, 2.45) is 0 Å². The number of nitrogens with one attached hydrogen (secondary N) is 2. The van der Waals surface area contributed by atoms with Gasteiger partial charge in [-0.3, -0.25) is 9.59 Å². The molecule has 0 radical (unpaired) electrons. The molecule has 0 spiro atoms. The highest BCUT2D eigenvalue weighted by Gasteiger charge is 2.31. The molecule has 9 heteroatoms. The van der Waals surface area contributed by atoms with E-state index in [-0.39, 0.29) is 16.6 Å². The van der Waals surface area contributed by atoms with Crippen molar-refractivity contribution >= 4 is 46.6 Å². The predicted molar refractivity (Wildman–Crippen MR) is 101 cm³/mol. The quantitative estimate of drug-likeness (QED) is 0.638. The Morgan fingerprint density at radius 3 is 2.44 bits per heavy atom. The molecule has 2 aromatic rings. The predicted octanol–water partition coefficient (Wildman–Crippen LogP) is 5.44. The van der Waals surface area contributed by atoms with Gasteiger partial charge in [0.15, 0.2) is 0 Å². The molecule has 2 aromatic carbocycles. The van der Waals surface area contributed by atoms with E-state index in [1.165, 1.54) is 18.7 Å². The monoisotopic (exact) mass is 416 g/mol. The fourth-order valence-corrected chi connectivity index (χ4v) is 3.23. The summed E-state index contributed by atoms with van der Waals surface area (Å²) >= 11 is 7.09. The van der Waals surface area contributed by atoms with E-state index >= 15 is 0 Å². The van der Waals surface area contributed by atoms with Gasteiger partial charge in [-0.1, -0.05) is 17.7 Å². The third kappa shape index (κ3) is 6.18. The maximum Gasteiger partial charge on any atom is 0.416 e. The summed E-state index contributed by atoms with van der Waals surface area (Å²) in [5.74, 6) is -0.715. The van der Waals surface area contributed by atoms with Crippen LogP contribution in [-0.2, 0) is 15.8 Å². The van der Waals surface area contributed by atoms with Gasteiger partial charge in [0, 0.05) is 17.5 Å². The zero-order chi connectivity index (χ0) is 20.2. The van der Waals surface area contributed by atoms with Crippen molar-refractivity contribution < 1.29 is 22.8 Å². The lowest BCUT2D eigenvalue weighted by Crippen LogP contribution is -2.23. The van der Waals surface area contributed by atoms with E-state index < -0.39 is 22.9 Å². The second kappa shape index (κ2) is 8.67. The average Bonchev–Trinajstić information content (AvgIpc) is 2.55. The number of benzene rings is 2. The lowest BCUT2D eigenvalue weighted by atomic mass is 10.2. The summed E-state index contributed by atoms with van der Waals surface area (Å²) in [7, 11) is 0. The largest absolute Gasteiger partial charge is 0.416 e. The Labute approximate surface area is 163 Å². The van der Waals surface area contributed by atoms with Crippen LogP contribution in [0.3, 0.4) is 0 Å². The molecule has 2 N–H and O–H groups in total. The van der Waals surface area contributed by atoms with Crippen LogP contribution in [0.4, 0.5) is 24.5 Å². The van der Waals surface area contributed by atoms with Crippen LogP contribution < -0.4 is 10.6 Å². The molecule has 0 aliphatic rings. The van der Waals surface area contributed by atoms with Gasteiger partial charge in [-0.25, -0.2) is 0 Å². The number of carbonyl (C=O) groups excluding carboxylic acids is 2.